The quantitative estimate of drug-likeness (QED) is 0.0749. The molecular formula is C48H47F4N7O7S2. The average molecular weight is 974 g/mol. The van der Waals surface area contributed by atoms with E-state index in [0.717, 1.165) is 42.7 Å². The lowest BCUT2D eigenvalue weighted by molar-refractivity contribution is 0.115. The van der Waals surface area contributed by atoms with Crippen LogP contribution in [-0.2, 0) is 33.1 Å². The maximum atomic E-state index is 13.7. The molecule has 0 saturated carbocycles. The number of para-hydroxylation sites is 3. The molecule has 68 heavy (non-hydrogen) atoms. The molecule has 7 aromatic rings. The molecule has 1 aliphatic rings. The molecule has 2 aromatic heterocycles. The van der Waals surface area contributed by atoms with Crippen LogP contribution in [-0.4, -0.2) is 74.6 Å². The fourth-order valence-electron chi connectivity index (χ4n) is 7.50. The van der Waals surface area contributed by atoms with E-state index in [4.69, 9.17) is 13.6 Å². The number of ether oxygens (including phenoxy) is 1. The van der Waals surface area contributed by atoms with E-state index in [0.29, 0.717) is 40.5 Å². The zero-order valence-electron chi connectivity index (χ0n) is 36.7. The van der Waals surface area contributed by atoms with E-state index in [9.17, 15) is 34.4 Å². The first kappa shape index (κ1) is 49.0. The Bertz CT molecular complexity index is 2940. The van der Waals surface area contributed by atoms with Gasteiger partial charge >= 0.3 is 12.9 Å². The smallest absolute Gasteiger partial charge is 0.314 e. The van der Waals surface area contributed by atoms with Crippen molar-refractivity contribution in [1.82, 2.24) is 25.3 Å². The number of piperidine rings is 1. The second-order valence-electron chi connectivity index (χ2n) is 15.5. The number of methoxy groups -OCH3 is 1. The molecule has 0 N–H and O–H groups in total. The predicted octanol–water partition coefficient (Wildman–Crippen LogP) is 10.1. The average Bonchev–Trinajstić information content (AvgIpc) is 4.08. The Hall–Kier alpha value is -6.90. The number of sulfonamides is 2. The number of rotatable bonds is 18. The number of hydrogen-bond donors (Lipinski definition) is 0. The zero-order valence-corrected chi connectivity index (χ0v) is 38.3. The Morgan fingerprint density at radius 3 is 1.57 bits per heavy atom. The molecule has 1 fully saturated rings. The summed E-state index contributed by atoms with van der Waals surface area (Å²) in [5.74, 6) is -0.273. The van der Waals surface area contributed by atoms with E-state index in [1.54, 1.807) is 110 Å². The summed E-state index contributed by atoms with van der Waals surface area (Å²) >= 11 is 0. The lowest BCUT2D eigenvalue weighted by Gasteiger charge is -2.33. The topological polar surface area (TPSA) is 165 Å². The Morgan fingerprint density at radius 2 is 1.12 bits per heavy atom. The highest BCUT2D eigenvalue weighted by Crippen LogP contribution is 2.34. The van der Waals surface area contributed by atoms with Crippen LogP contribution >= 0.6 is 0 Å². The highest BCUT2D eigenvalue weighted by Gasteiger charge is 2.28. The summed E-state index contributed by atoms with van der Waals surface area (Å²) in [7, 11) is -5.69. The van der Waals surface area contributed by atoms with Gasteiger partial charge in [0.05, 0.1) is 37.3 Å². The Kier molecular flexibility index (Phi) is 16.0. The van der Waals surface area contributed by atoms with Gasteiger partial charge in [-0.25, -0.2) is 16.8 Å². The molecule has 1 saturated heterocycles. The van der Waals surface area contributed by atoms with Crippen molar-refractivity contribution >= 4 is 31.4 Å². The van der Waals surface area contributed by atoms with Crippen LogP contribution in [0.4, 0.5) is 28.9 Å². The molecule has 0 aliphatic carbocycles. The van der Waals surface area contributed by atoms with E-state index in [2.05, 4.69) is 37.9 Å². The van der Waals surface area contributed by atoms with Crippen LogP contribution in [0.1, 0.15) is 60.1 Å². The summed E-state index contributed by atoms with van der Waals surface area (Å²) in [6.07, 6.45) is -3.81. The van der Waals surface area contributed by atoms with Crippen molar-refractivity contribution in [3.05, 3.63) is 174 Å². The molecule has 0 unspecified atom stereocenters. The molecule has 0 bridgehead atoms. The van der Waals surface area contributed by atoms with Gasteiger partial charge in [0.1, 0.15) is 5.75 Å². The number of likely N-dealkylation sites (tertiary alicyclic amines) is 1. The standard InChI is InChI=1S/C30H32F2N4O4S.C18H15F2N3O3S/c1-39-27-10-6-5-9-26(27)23-15-17-35(18-16-23)19-20-41(37,38)36(25-7-3-2-4-8-25)21-22-11-13-24(14-12-22)29-33-34-30(40-29)28(31)32;1-2-27(24,25)23(15-6-4-3-5-7-15)12-13-8-10-14(11-9-13)17-21-22-18(26-17)16(19)20/h2-14,23,28H,15-21H2,1H3;2-11,16H,1,12H2. The van der Waals surface area contributed by atoms with Crippen LogP contribution in [0.3, 0.4) is 0 Å². The summed E-state index contributed by atoms with van der Waals surface area (Å²) in [4.78, 5) is 2.21. The van der Waals surface area contributed by atoms with Crippen LogP contribution in [0, 0.1) is 0 Å². The fourth-order valence-corrected chi connectivity index (χ4v) is 9.92. The number of nitrogens with zero attached hydrogens (tertiary/aromatic N) is 7. The summed E-state index contributed by atoms with van der Waals surface area (Å²) in [6.45, 7) is 5.63. The molecule has 1 aliphatic heterocycles. The van der Waals surface area contributed by atoms with Gasteiger partial charge in [-0.05, 0) is 103 Å². The number of alkyl halides is 4. The van der Waals surface area contributed by atoms with Gasteiger partial charge in [0.2, 0.25) is 21.8 Å². The van der Waals surface area contributed by atoms with Gasteiger partial charge in [0.15, 0.2) is 0 Å². The van der Waals surface area contributed by atoms with Crippen LogP contribution in [0.2, 0.25) is 0 Å². The van der Waals surface area contributed by atoms with Gasteiger partial charge in [0, 0.05) is 23.1 Å². The van der Waals surface area contributed by atoms with Gasteiger partial charge in [-0.3, -0.25) is 8.61 Å². The molecular weight excluding hydrogens is 927 g/mol. The van der Waals surface area contributed by atoms with Crippen LogP contribution in [0.15, 0.2) is 154 Å². The van der Waals surface area contributed by atoms with E-state index in [1.807, 2.05) is 24.3 Å². The predicted molar refractivity (Wildman–Crippen MR) is 249 cm³/mol. The number of hydrogen-bond acceptors (Lipinski definition) is 12. The first-order valence-corrected chi connectivity index (χ1v) is 24.4. The van der Waals surface area contributed by atoms with Gasteiger partial charge in [-0.1, -0.05) is 85.4 Å². The summed E-state index contributed by atoms with van der Waals surface area (Å²) in [5.41, 5.74) is 4.62. The molecule has 0 amide bonds. The summed E-state index contributed by atoms with van der Waals surface area (Å²) < 4.78 is 121. The lowest BCUT2D eigenvalue weighted by Crippen LogP contribution is -2.40. The van der Waals surface area contributed by atoms with Gasteiger partial charge in [0.25, 0.3) is 21.8 Å². The Morgan fingerprint density at radius 1 is 0.662 bits per heavy atom. The van der Waals surface area contributed by atoms with Gasteiger partial charge in [-0.2, -0.15) is 17.6 Å². The Labute approximate surface area is 391 Å². The molecule has 14 nitrogen and oxygen atoms in total. The number of anilines is 2. The molecule has 20 heteroatoms. The van der Waals surface area contributed by atoms with Crippen molar-refractivity contribution < 1.29 is 48.0 Å². The van der Waals surface area contributed by atoms with E-state index >= 15 is 0 Å². The first-order chi connectivity index (χ1) is 32.7. The Balaban J connectivity index is 0.000000220. The molecule has 0 radical (unpaired) electrons. The first-order valence-electron chi connectivity index (χ1n) is 21.3. The van der Waals surface area contributed by atoms with Crippen molar-refractivity contribution in [3.63, 3.8) is 0 Å². The number of benzene rings is 5. The monoisotopic (exact) mass is 973 g/mol. The maximum Gasteiger partial charge on any atom is 0.314 e. The zero-order chi connectivity index (χ0) is 48.3. The summed E-state index contributed by atoms with van der Waals surface area (Å²) in [5, 5.41) is 14.8. The van der Waals surface area contributed by atoms with E-state index in [1.165, 1.54) is 14.2 Å². The molecule has 3 heterocycles. The second kappa shape index (κ2) is 22.3. The third-order valence-electron chi connectivity index (χ3n) is 11.1. The van der Waals surface area contributed by atoms with Gasteiger partial charge < -0.3 is 18.5 Å². The van der Waals surface area contributed by atoms with Crippen molar-refractivity contribution in [1.29, 1.82) is 0 Å². The van der Waals surface area contributed by atoms with Crippen molar-refractivity contribution in [2.45, 2.75) is 44.7 Å². The molecule has 8 rings (SSSR count). The number of halogens is 4. The highest BCUT2D eigenvalue weighted by molar-refractivity contribution is 7.95. The van der Waals surface area contributed by atoms with Crippen LogP contribution in [0.5, 0.6) is 5.75 Å². The molecule has 356 valence electrons. The summed E-state index contributed by atoms with van der Waals surface area (Å²) in [6, 6.07) is 39.0. The van der Waals surface area contributed by atoms with Crippen molar-refractivity contribution in [3.8, 4) is 28.7 Å². The molecule has 0 atom stereocenters. The minimum absolute atomic E-state index is 0.0162. The lowest BCUT2D eigenvalue weighted by atomic mass is 9.89. The third-order valence-corrected chi connectivity index (χ3v) is 14.2. The third kappa shape index (κ3) is 12.3. The minimum atomic E-state index is -3.71. The van der Waals surface area contributed by atoms with Crippen molar-refractivity contribution in [2.24, 2.45) is 0 Å². The largest absolute Gasteiger partial charge is 0.496 e. The second-order valence-corrected chi connectivity index (χ2v) is 19.3. The molecule has 5 aromatic carbocycles. The minimum Gasteiger partial charge on any atom is -0.496 e. The van der Waals surface area contributed by atoms with Crippen LogP contribution < -0.4 is 13.3 Å². The fraction of sp³-hybridized carbons (Fsp3) is 0.250. The highest BCUT2D eigenvalue weighted by atomic mass is 32.2. The van der Waals surface area contributed by atoms with E-state index < -0.39 is 44.7 Å². The van der Waals surface area contributed by atoms with Gasteiger partial charge in [-0.15, -0.1) is 20.4 Å². The van der Waals surface area contributed by atoms with Crippen molar-refractivity contribution in [2.75, 3.05) is 41.1 Å². The normalized spacial score (nSPS) is 13.5. The number of aromatic nitrogens is 4. The molecule has 0 spiro atoms. The van der Waals surface area contributed by atoms with E-state index in [-0.39, 0.29) is 30.6 Å². The SMILES string of the molecule is C=CS(=O)(=O)N(Cc1ccc(-c2nnc(C(F)F)o2)cc1)c1ccccc1.COc1ccccc1C1CCN(CCS(=O)(=O)N(Cc2ccc(-c3nnc(C(F)F)o3)cc2)c2ccccc2)CC1. The maximum absolute atomic E-state index is 13.7. The van der Waals surface area contributed by atoms with Crippen LogP contribution in [0.25, 0.3) is 22.9 Å².